The highest BCUT2D eigenvalue weighted by atomic mass is 35.5. The van der Waals surface area contributed by atoms with Gasteiger partial charge in [-0.15, -0.1) is 0 Å². The van der Waals surface area contributed by atoms with Gasteiger partial charge in [-0.25, -0.2) is 0 Å². The van der Waals surface area contributed by atoms with Gasteiger partial charge in [0.05, 0.1) is 13.2 Å². The summed E-state index contributed by atoms with van der Waals surface area (Å²) in [7, 11) is 1.61. The van der Waals surface area contributed by atoms with Crippen LogP contribution in [-0.2, 0) is 16.0 Å². The molecule has 1 aliphatic rings. The van der Waals surface area contributed by atoms with E-state index in [1.165, 1.54) is 0 Å². The summed E-state index contributed by atoms with van der Waals surface area (Å²) in [5, 5.41) is 4.43. The molecule has 0 spiro atoms. The average molecular weight is 474 g/mol. The quantitative estimate of drug-likeness (QED) is 0.399. The van der Waals surface area contributed by atoms with Crippen LogP contribution in [0.2, 0.25) is 5.02 Å². The number of H-pyrrole nitrogens is 1. The van der Waals surface area contributed by atoms with Crippen molar-refractivity contribution in [3.8, 4) is 5.75 Å². The number of carbonyl (C=O) groups is 2. The van der Waals surface area contributed by atoms with Gasteiger partial charge in [0.15, 0.2) is 0 Å². The van der Waals surface area contributed by atoms with Crippen LogP contribution in [0.25, 0.3) is 10.9 Å². The summed E-state index contributed by atoms with van der Waals surface area (Å²) < 4.78 is 5.31. The lowest BCUT2D eigenvalue weighted by Gasteiger charge is -2.35. The van der Waals surface area contributed by atoms with Gasteiger partial charge < -0.3 is 19.9 Å². The van der Waals surface area contributed by atoms with Crippen molar-refractivity contribution in [1.82, 2.24) is 9.88 Å². The summed E-state index contributed by atoms with van der Waals surface area (Å²) in [6.45, 7) is 2.37. The molecule has 4 aromatic rings. The first-order valence-electron chi connectivity index (χ1n) is 11.1. The van der Waals surface area contributed by atoms with Crippen LogP contribution in [0.4, 0.5) is 5.69 Å². The molecule has 0 radical (unpaired) electrons. The van der Waals surface area contributed by atoms with Crippen molar-refractivity contribution in [2.45, 2.75) is 19.4 Å². The van der Waals surface area contributed by atoms with Crippen LogP contribution in [0.5, 0.6) is 5.75 Å². The van der Waals surface area contributed by atoms with Crippen LogP contribution in [0.15, 0.2) is 66.7 Å². The van der Waals surface area contributed by atoms with Gasteiger partial charge in [0.1, 0.15) is 5.75 Å². The maximum absolute atomic E-state index is 13.4. The highest BCUT2D eigenvalue weighted by molar-refractivity contribution is 6.39. The second-order valence-corrected chi connectivity index (χ2v) is 8.89. The fourth-order valence-corrected chi connectivity index (χ4v) is 4.74. The van der Waals surface area contributed by atoms with Crippen molar-refractivity contribution in [1.29, 1.82) is 0 Å². The number of anilines is 1. The minimum absolute atomic E-state index is 0.406. The number of aryl methyl sites for hydroxylation is 1. The molecule has 5 rings (SSSR count). The molecule has 172 valence electrons. The van der Waals surface area contributed by atoms with Gasteiger partial charge in [-0.3, -0.25) is 9.59 Å². The minimum Gasteiger partial charge on any atom is -0.497 e. The Kier molecular flexibility index (Phi) is 5.75. The summed E-state index contributed by atoms with van der Waals surface area (Å²) in [6.07, 6.45) is 0.617. The number of hydrogen-bond acceptors (Lipinski definition) is 3. The zero-order valence-corrected chi connectivity index (χ0v) is 19.6. The predicted octanol–water partition coefficient (Wildman–Crippen LogP) is 5.25. The number of carbonyl (C=O) groups excluding carboxylic acids is 2. The Bertz CT molecular complexity index is 1380. The fourth-order valence-electron chi connectivity index (χ4n) is 4.56. The van der Waals surface area contributed by atoms with Crippen molar-refractivity contribution in [2.24, 2.45) is 0 Å². The van der Waals surface area contributed by atoms with E-state index in [1.54, 1.807) is 24.1 Å². The molecular weight excluding hydrogens is 450 g/mol. The molecule has 0 saturated carbocycles. The molecule has 0 aliphatic carbocycles. The Morgan fingerprint density at radius 1 is 1.06 bits per heavy atom. The fraction of sp³-hybridized carbons (Fsp3) is 0.185. The molecule has 1 aromatic heterocycles. The van der Waals surface area contributed by atoms with E-state index >= 15 is 0 Å². The summed E-state index contributed by atoms with van der Waals surface area (Å²) in [4.78, 5) is 31.5. The number of rotatable bonds is 3. The van der Waals surface area contributed by atoms with Crippen LogP contribution in [0.1, 0.15) is 28.4 Å². The Hall–Kier alpha value is -3.77. The molecule has 2 N–H and O–H groups in total. The van der Waals surface area contributed by atoms with Crippen LogP contribution in [-0.4, -0.2) is 35.4 Å². The average Bonchev–Trinajstić information content (AvgIpc) is 3.22. The van der Waals surface area contributed by atoms with Crippen LogP contribution >= 0.6 is 11.6 Å². The van der Waals surface area contributed by atoms with Crippen molar-refractivity contribution in [3.63, 3.8) is 0 Å². The number of aromatic amines is 1. The van der Waals surface area contributed by atoms with Gasteiger partial charge in [-0.2, -0.15) is 0 Å². The molecular formula is C27H24ClN3O3. The molecule has 1 atom stereocenters. The summed E-state index contributed by atoms with van der Waals surface area (Å²) in [5.74, 6) is -0.521. The van der Waals surface area contributed by atoms with Gasteiger partial charge in [-0.1, -0.05) is 41.4 Å². The van der Waals surface area contributed by atoms with E-state index in [1.807, 2.05) is 61.5 Å². The molecule has 0 fully saturated rings. The molecule has 34 heavy (non-hydrogen) atoms. The maximum Gasteiger partial charge on any atom is 0.313 e. The van der Waals surface area contributed by atoms with E-state index in [4.69, 9.17) is 16.3 Å². The van der Waals surface area contributed by atoms with Crippen molar-refractivity contribution >= 4 is 40.0 Å². The lowest BCUT2D eigenvalue weighted by atomic mass is 9.92. The first-order valence-corrected chi connectivity index (χ1v) is 11.4. The van der Waals surface area contributed by atoms with E-state index in [2.05, 4.69) is 10.3 Å². The zero-order valence-electron chi connectivity index (χ0n) is 18.9. The van der Waals surface area contributed by atoms with Gasteiger partial charge in [0, 0.05) is 33.9 Å². The maximum atomic E-state index is 13.4. The second kappa shape index (κ2) is 8.88. The van der Waals surface area contributed by atoms with Crippen LogP contribution in [0, 0.1) is 6.92 Å². The molecule has 6 nitrogen and oxygen atoms in total. The molecule has 3 aromatic carbocycles. The second-order valence-electron chi connectivity index (χ2n) is 8.45. The number of benzene rings is 3. The summed E-state index contributed by atoms with van der Waals surface area (Å²) >= 11 is 6.27. The molecule has 1 unspecified atom stereocenters. The standard InChI is InChI=1S/C27H24ClN3O3/c1-16-3-8-19(9-4-16)29-26(32)27(33)31-14-13-21-22-15-18(28)7-12-23(22)30-24(21)25(31)17-5-10-20(34-2)11-6-17/h3-12,15,25,30H,13-14H2,1-2H3,(H,29,32). The van der Waals surface area contributed by atoms with Gasteiger partial charge in [0.2, 0.25) is 0 Å². The number of amides is 2. The molecule has 1 aliphatic heterocycles. The minimum atomic E-state index is -0.662. The third kappa shape index (κ3) is 4.01. The van der Waals surface area contributed by atoms with Crippen LogP contribution in [0.3, 0.4) is 0 Å². The Morgan fingerprint density at radius 2 is 1.79 bits per heavy atom. The largest absolute Gasteiger partial charge is 0.497 e. The lowest BCUT2D eigenvalue weighted by Crippen LogP contribution is -2.45. The van der Waals surface area contributed by atoms with Gasteiger partial charge in [0.25, 0.3) is 0 Å². The highest BCUT2D eigenvalue weighted by Crippen LogP contribution is 2.39. The normalized spacial score (nSPS) is 15.1. The van der Waals surface area contributed by atoms with Crippen molar-refractivity contribution < 1.29 is 14.3 Å². The number of ether oxygens (including phenoxy) is 1. The highest BCUT2D eigenvalue weighted by Gasteiger charge is 2.37. The monoisotopic (exact) mass is 473 g/mol. The molecule has 2 heterocycles. The smallest absolute Gasteiger partial charge is 0.313 e. The number of nitrogens with one attached hydrogen (secondary N) is 2. The zero-order chi connectivity index (χ0) is 23.8. The van der Waals surface area contributed by atoms with Gasteiger partial charge >= 0.3 is 11.8 Å². The summed E-state index contributed by atoms with van der Waals surface area (Å²) in [6, 6.07) is 20.2. The van der Waals surface area contributed by atoms with Crippen molar-refractivity contribution in [2.75, 3.05) is 19.0 Å². The molecule has 0 bridgehead atoms. The Morgan fingerprint density at radius 3 is 2.50 bits per heavy atom. The summed E-state index contributed by atoms with van der Waals surface area (Å²) in [5.41, 5.74) is 5.50. The first kappa shape index (κ1) is 22.0. The third-order valence-electron chi connectivity index (χ3n) is 6.29. The topological polar surface area (TPSA) is 74.4 Å². The predicted molar refractivity (Wildman–Crippen MR) is 133 cm³/mol. The Labute approximate surface area is 202 Å². The number of halogens is 1. The number of fused-ring (bicyclic) bond motifs is 3. The number of methoxy groups -OCH3 is 1. The van der Waals surface area contributed by atoms with E-state index in [0.29, 0.717) is 23.7 Å². The van der Waals surface area contributed by atoms with E-state index in [0.717, 1.165) is 39.0 Å². The lowest BCUT2D eigenvalue weighted by molar-refractivity contribution is -0.144. The molecule has 0 saturated heterocycles. The Balaban J connectivity index is 1.54. The van der Waals surface area contributed by atoms with E-state index < -0.39 is 17.9 Å². The van der Waals surface area contributed by atoms with E-state index in [-0.39, 0.29) is 0 Å². The SMILES string of the molecule is COc1ccc(C2c3[nH]c4ccc(Cl)cc4c3CCN2C(=O)C(=O)Nc2ccc(C)cc2)cc1. The molecule has 7 heteroatoms. The van der Waals surface area contributed by atoms with Gasteiger partial charge in [-0.05, 0) is 66.9 Å². The third-order valence-corrected chi connectivity index (χ3v) is 6.52. The van der Waals surface area contributed by atoms with Crippen LogP contribution < -0.4 is 10.1 Å². The van der Waals surface area contributed by atoms with Crippen molar-refractivity contribution in [3.05, 3.63) is 94.1 Å². The molecule has 2 amide bonds. The first-order chi connectivity index (χ1) is 16.4. The number of hydrogen-bond donors (Lipinski definition) is 2. The van der Waals surface area contributed by atoms with E-state index in [9.17, 15) is 9.59 Å². The number of aromatic nitrogens is 1. The number of nitrogens with zero attached hydrogens (tertiary/aromatic N) is 1.